The first-order valence-corrected chi connectivity index (χ1v) is 14.4. The van der Waals surface area contributed by atoms with Crippen molar-refractivity contribution in [3.05, 3.63) is 96.2 Å². The van der Waals surface area contributed by atoms with Crippen molar-refractivity contribution in [1.29, 1.82) is 0 Å². The number of anilines is 1. The van der Waals surface area contributed by atoms with E-state index in [4.69, 9.17) is 9.15 Å². The zero-order chi connectivity index (χ0) is 27.3. The molecule has 5 aromatic rings. The number of rotatable bonds is 6. The normalized spacial score (nSPS) is 15.8. The van der Waals surface area contributed by atoms with Gasteiger partial charge in [0.15, 0.2) is 5.75 Å². The maximum Gasteiger partial charge on any atom is 0.374 e. The van der Waals surface area contributed by atoms with Crippen molar-refractivity contribution in [2.75, 3.05) is 11.4 Å². The highest BCUT2D eigenvalue weighted by Gasteiger charge is 2.32. The highest BCUT2D eigenvalue weighted by atomic mass is 32.2. The van der Waals surface area contributed by atoms with E-state index >= 15 is 0 Å². The number of aryl methyl sites for hydroxylation is 1. The Kier molecular flexibility index (Phi) is 6.16. The highest BCUT2D eigenvalue weighted by molar-refractivity contribution is 7.86. The fraction of sp³-hybridized carbons (Fsp3) is 0.194. The van der Waals surface area contributed by atoms with Crippen LogP contribution in [-0.4, -0.2) is 24.8 Å². The Bertz CT molecular complexity index is 1920. The summed E-state index contributed by atoms with van der Waals surface area (Å²) < 4.78 is 48.2. The lowest BCUT2D eigenvalue weighted by Crippen LogP contribution is -2.33. The summed E-state index contributed by atoms with van der Waals surface area (Å²) in [6, 6.07) is 24.1. The number of benzene rings is 4. The number of allylic oxidation sites excluding steroid dienone is 2. The fourth-order valence-electron chi connectivity index (χ4n) is 5.05. The molecule has 0 saturated carbocycles. The molecule has 0 saturated heterocycles. The predicted molar refractivity (Wildman–Crippen MR) is 154 cm³/mol. The van der Waals surface area contributed by atoms with Crippen molar-refractivity contribution >= 4 is 54.5 Å². The molecule has 6 rings (SSSR count). The molecule has 0 aliphatic carbocycles. The zero-order valence-electron chi connectivity index (χ0n) is 22.0. The van der Waals surface area contributed by atoms with Gasteiger partial charge in [-0.15, -0.1) is 0 Å². The van der Waals surface area contributed by atoms with Gasteiger partial charge in [0.1, 0.15) is 12.3 Å². The van der Waals surface area contributed by atoms with Crippen LogP contribution in [0.15, 0.2) is 94.7 Å². The lowest BCUT2D eigenvalue weighted by Gasteiger charge is -2.22. The molecule has 1 aliphatic heterocycles. The Morgan fingerprint density at radius 3 is 2.44 bits per heavy atom. The summed E-state index contributed by atoms with van der Waals surface area (Å²) in [6.45, 7) is 3.57. The lowest BCUT2D eigenvalue weighted by molar-refractivity contribution is -0.652. The maximum atomic E-state index is 12.0. The highest BCUT2D eigenvalue weighted by Crippen LogP contribution is 2.45. The van der Waals surface area contributed by atoms with Crippen molar-refractivity contribution in [3.8, 4) is 5.75 Å². The third-order valence-electron chi connectivity index (χ3n) is 7.32. The van der Waals surface area contributed by atoms with Gasteiger partial charge in [-0.3, -0.25) is 4.55 Å². The molecule has 1 aromatic heterocycles. The van der Waals surface area contributed by atoms with Gasteiger partial charge in [0, 0.05) is 24.1 Å². The lowest BCUT2D eigenvalue weighted by atomic mass is 10.1. The molecule has 0 bridgehead atoms. The summed E-state index contributed by atoms with van der Waals surface area (Å²) in [7, 11) is -2.27. The smallest absolute Gasteiger partial charge is 0.374 e. The number of nitrogens with zero attached hydrogens (tertiary/aromatic N) is 2. The molecule has 7 nitrogen and oxygen atoms in total. The summed E-state index contributed by atoms with van der Waals surface area (Å²) in [5.41, 5.74) is 3.50. The molecule has 1 atom stereocenters. The van der Waals surface area contributed by atoms with Gasteiger partial charge in [-0.2, -0.15) is 13.0 Å². The van der Waals surface area contributed by atoms with Crippen molar-refractivity contribution < 1.29 is 26.7 Å². The van der Waals surface area contributed by atoms with Crippen LogP contribution in [0.4, 0.5) is 5.69 Å². The second-order valence-corrected chi connectivity index (χ2v) is 11.7. The second-order valence-electron chi connectivity index (χ2n) is 9.89. The van der Waals surface area contributed by atoms with Crippen LogP contribution in [0.5, 0.6) is 5.75 Å². The number of aromatic nitrogens is 1. The maximum absolute atomic E-state index is 12.0. The third kappa shape index (κ3) is 4.56. The van der Waals surface area contributed by atoms with Crippen LogP contribution in [0.3, 0.4) is 0 Å². The van der Waals surface area contributed by atoms with E-state index in [1.807, 2.05) is 90.2 Å². The van der Waals surface area contributed by atoms with Gasteiger partial charge in [0.05, 0.1) is 11.8 Å². The minimum absolute atomic E-state index is 0.0354. The van der Waals surface area contributed by atoms with Gasteiger partial charge in [-0.1, -0.05) is 61.5 Å². The van der Waals surface area contributed by atoms with E-state index < -0.39 is 15.4 Å². The van der Waals surface area contributed by atoms with E-state index in [0.717, 1.165) is 43.9 Å². The van der Waals surface area contributed by atoms with Crippen molar-refractivity contribution in [1.82, 2.24) is 0 Å². The molecule has 0 fully saturated rings. The molecule has 1 N–H and O–H groups in total. The second kappa shape index (κ2) is 9.55. The van der Waals surface area contributed by atoms with Gasteiger partial charge in [-0.25, -0.2) is 0 Å². The van der Waals surface area contributed by atoms with Gasteiger partial charge >= 0.3 is 5.89 Å². The summed E-state index contributed by atoms with van der Waals surface area (Å²) >= 11 is 0. The molecule has 198 valence electrons. The summed E-state index contributed by atoms with van der Waals surface area (Å²) in [4.78, 5) is 1.84. The van der Waals surface area contributed by atoms with E-state index in [1.54, 1.807) is 0 Å². The van der Waals surface area contributed by atoms with Gasteiger partial charge < -0.3 is 14.1 Å². The number of fused-ring (bicyclic) bond motifs is 5. The first-order chi connectivity index (χ1) is 18.7. The number of hydrogen-bond donors (Lipinski definition) is 1. The quantitative estimate of drug-likeness (QED) is 0.199. The van der Waals surface area contributed by atoms with E-state index in [2.05, 4.69) is 18.2 Å². The zero-order valence-corrected chi connectivity index (χ0v) is 22.8. The number of hydrogen-bond acceptors (Lipinski definition) is 5. The Morgan fingerprint density at radius 2 is 1.72 bits per heavy atom. The third-order valence-corrected chi connectivity index (χ3v) is 8.49. The molecule has 2 heterocycles. The van der Waals surface area contributed by atoms with Crippen molar-refractivity contribution in [2.24, 2.45) is 7.05 Å². The average Bonchev–Trinajstić information content (AvgIpc) is 3.42. The fourth-order valence-corrected chi connectivity index (χ4v) is 5.39. The monoisotopic (exact) mass is 541 g/mol. The molecule has 8 heteroatoms. The molecular formula is C31H29N2O5S+. The molecule has 4 aromatic carbocycles. The SMILES string of the molecule is CC/C(C=C1Oc2ccc3ccccc3c2N1CC(C)S(=O)(=O)O)=C\c1oc2cc3ccccc3cc2[n+]1C. The molecule has 0 amide bonds. The summed E-state index contributed by atoms with van der Waals surface area (Å²) in [5.74, 6) is 1.82. The van der Waals surface area contributed by atoms with Crippen LogP contribution in [0.2, 0.25) is 0 Å². The van der Waals surface area contributed by atoms with Crippen LogP contribution in [-0.2, 0) is 17.2 Å². The molecule has 1 aliphatic rings. The van der Waals surface area contributed by atoms with Crippen LogP contribution in [0, 0.1) is 0 Å². The Labute approximate surface area is 227 Å². The Balaban J connectivity index is 1.45. The first kappa shape index (κ1) is 25.2. The van der Waals surface area contributed by atoms with E-state index in [1.165, 1.54) is 6.92 Å². The van der Waals surface area contributed by atoms with E-state index in [-0.39, 0.29) is 6.54 Å². The van der Waals surface area contributed by atoms with Crippen molar-refractivity contribution in [2.45, 2.75) is 25.5 Å². The molecule has 39 heavy (non-hydrogen) atoms. The molecular weight excluding hydrogens is 512 g/mol. The summed E-state index contributed by atoms with van der Waals surface area (Å²) in [6.07, 6.45) is 4.58. The minimum atomic E-state index is -4.25. The average molecular weight is 542 g/mol. The molecule has 1 unspecified atom stereocenters. The van der Waals surface area contributed by atoms with Crippen LogP contribution >= 0.6 is 0 Å². The standard InChI is InChI=1S/C31H28N2O5S/c1-4-21(15-29-32(3)26-17-23-10-5-6-11-24(23)18-28(26)38-29)16-30-33(19-20(2)39(34,35)36)31-25-12-8-7-9-22(25)13-14-27(31)37-30/h5-18,20H,4,19H2,1-3H3/p+1. The van der Waals surface area contributed by atoms with E-state index in [9.17, 15) is 13.0 Å². The molecule has 0 spiro atoms. The largest absolute Gasteiger partial charge is 0.439 e. The Morgan fingerprint density at radius 1 is 1.03 bits per heavy atom. The van der Waals surface area contributed by atoms with Crippen LogP contribution in [0.1, 0.15) is 26.2 Å². The minimum Gasteiger partial charge on any atom is -0.439 e. The first-order valence-electron chi connectivity index (χ1n) is 12.9. The van der Waals surface area contributed by atoms with Gasteiger partial charge in [-0.05, 0) is 47.2 Å². The van der Waals surface area contributed by atoms with Crippen LogP contribution < -0.4 is 14.2 Å². The molecule has 0 radical (unpaired) electrons. The predicted octanol–water partition coefficient (Wildman–Crippen LogP) is 6.37. The summed E-state index contributed by atoms with van der Waals surface area (Å²) in [5, 5.41) is 3.19. The topological polar surface area (TPSA) is 83.9 Å². The number of oxazole rings is 1. The number of ether oxygens (including phenoxy) is 1. The Hall–Kier alpha value is -4.14. The van der Waals surface area contributed by atoms with Gasteiger partial charge in [0.25, 0.3) is 15.6 Å². The van der Waals surface area contributed by atoms with E-state index in [0.29, 0.717) is 23.9 Å². The van der Waals surface area contributed by atoms with Crippen molar-refractivity contribution in [3.63, 3.8) is 0 Å². The van der Waals surface area contributed by atoms with Crippen LogP contribution in [0.25, 0.3) is 38.7 Å². The van der Waals surface area contributed by atoms with Gasteiger partial charge in [0.2, 0.25) is 11.5 Å².